The molecular weight excluding hydrogens is 520 g/mol. The molecule has 0 radical (unpaired) electrons. The highest BCUT2D eigenvalue weighted by Gasteiger charge is 2.25. The summed E-state index contributed by atoms with van der Waals surface area (Å²) in [5, 5.41) is 26.9. The van der Waals surface area contributed by atoms with Crippen LogP contribution in [0.1, 0.15) is 60.3 Å². The molecule has 9 nitrogen and oxygen atoms in total. The van der Waals surface area contributed by atoms with Crippen LogP contribution >= 0.6 is 0 Å². The number of aliphatic hydroxyl groups excluding tert-OH is 1. The standard InChI is InChI=1S/C32H36N4O5/c1-21(37)29(31(40)36-41)35-30(39)25-14-10-22(11-15-25)8-9-23-12-16-27(17-13-23)34-28(38)20-33-19-24-6-5-7-26(18-24)32(2,3)4/h5-7,10-18,21,29,33,37,41H,19-20H2,1-4H3,(H,34,38)(H,35,39)(H,36,40)/t21-,29+/m1/s1. The van der Waals surface area contributed by atoms with Gasteiger partial charge in [-0.05, 0) is 72.0 Å². The van der Waals surface area contributed by atoms with Gasteiger partial charge in [-0.3, -0.25) is 19.6 Å². The van der Waals surface area contributed by atoms with Gasteiger partial charge in [0.15, 0.2) is 0 Å². The Labute approximate surface area is 240 Å². The highest BCUT2D eigenvalue weighted by Crippen LogP contribution is 2.22. The zero-order valence-electron chi connectivity index (χ0n) is 23.6. The summed E-state index contributed by atoms with van der Waals surface area (Å²) in [5.41, 5.74) is 6.21. The van der Waals surface area contributed by atoms with Gasteiger partial charge in [0, 0.05) is 28.9 Å². The molecule has 3 aromatic rings. The van der Waals surface area contributed by atoms with Gasteiger partial charge in [0.2, 0.25) is 5.91 Å². The Balaban J connectivity index is 1.50. The summed E-state index contributed by atoms with van der Waals surface area (Å²) in [6.45, 7) is 8.62. The topological polar surface area (TPSA) is 140 Å². The second kappa shape index (κ2) is 14.2. The summed E-state index contributed by atoms with van der Waals surface area (Å²) in [6, 6.07) is 20.6. The number of hydroxylamine groups is 1. The van der Waals surface area contributed by atoms with Crippen molar-refractivity contribution in [2.75, 3.05) is 11.9 Å². The van der Waals surface area contributed by atoms with Gasteiger partial charge in [0.1, 0.15) is 6.04 Å². The highest BCUT2D eigenvalue weighted by atomic mass is 16.5. The third-order valence-corrected chi connectivity index (χ3v) is 6.24. The van der Waals surface area contributed by atoms with Gasteiger partial charge < -0.3 is 21.1 Å². The van der Waals surface area contributed by atoms with E-state index < -0.39 is 24.0 Å². The van der Waals surface area contributed by atoms with Crippen molar-refractivity contribution in [1.29, 1.82) is 0 Å². The molecule has 3 rings (SSSR count). The van der Waals surface area contributed by atoms with Crippen LogP contribution in [0.15, 0.2) is 72.8 Å². The molecule has 0 fully saturated rings. The molecule has 214 valence electrons. The van der Waals surface area contributed by atoms with Crippen LogP contribution in [0.5, 0.6) is 0 Å². The maximum Gasteiger partial charge on any atom is 0.268 e. The largest absolute Gasteiger partial charge is 0.391 e. The number of amides is 3. The summed E-state index contributed by atoms with van der Waals surface area (Å²) in [7, 11) is 0. The molecule has 0 aliphatic heterocycles. The first-order chi connectivity index (χ1) is 19.5. The molecule has 0 aromatic heterocycles. The van der Waals surface area contributed by atoms with E-state index in [-0.39, 0.29) is 23.4 Å². The lowest BCUT2D eigenvalue weighted by Crippen LogP contribution is -2.51. The van der Waals surface area contributed by atoms with Crippen LogP contribution in [0, 0.1) is 11.8 Å². The summed E-state index contributed by atoms with van der Waals surface area (Å²) in [6.07, 6.45) is -1.20. The van der Waals surface area contributed by atoms with Crippen LogP contribution in [0.2, 0.25) is 0 Å². The molecule has 0 bridgehead atoms. The van der Waals surface area contributed by atoms with Crippen LogP contribution in [0.3, 0.4) is 0 Å². The predicted molar refractivity (Wildman–Crippen MR) is 157 cm³/mol. The lowest BCUT2D eigenvalue weighted by Gasteiger charge is -2.19. The van der Waals surface area contributed by atoms with E-state index in [0.717, 1.165) is 11.1 Å². The Morgan fingerprint density at radius 3 is 2.07 bits per heavy atom. The monoisotopic (exact) mass is 556 g/mol. The number of benzene rings is 3. The number of hydrogen-bond donors (Lipinski definition) is 6. The van der Waals surface area contributed by atoms with Crippen molar-refractivity contribution in [2.45, 2.75) is 51.8 Å². The van der Waals surface area contributed by atoms with E-state index in [2.05, 4.69) is 60.7 Å². The summed E-state index contributed by atoms with van der Waals surface area (Å²) in [5.74, 6) is 4.41. The molecule has 0 saturated carbocycles. The Morgan fingerprint density at radius 2 is 1.51 bits per heavy atom. The number of aliphatic hydroxyl groups is 1. The smallest absolute Gasteiger partial charge is 0.268 e. The number of nitrogens with one attached hydrogen (secondary N) is 4. The zero-order valence-corrected chi connectivity index (χ0v) is 23.6. The maximum atomic E-state index is 12.4. The minimum atomic E-state index is -1.30. The Hall–Kier alpha value is -4.49. The van der Waals surface area contributed by atoms with E-state index in [1.807, 2.05) is 12.1 Å². The van der Waals surface area contributed by atoms with E-state index in [9.17, 15) is 19.5 Å². The van der Waals surface area contributed by atoms with Gasteiger partial charge in [-0.25, -0.2) is 5.48 Å². The van der Waals surface area contributed by atoms with Crippen LogP contribution in [0.4, 0.5) is 5.69 Å². The Kier molecular flexibility index (Phi) is 10.8. The number of carbonyl (C=O) groups excluding carboxylic acids is 3. The first-order valence-corrected chi connectivity index (χ1v) is 13.2. The molecule has 41 heavy (non-hydrogen) atoms. The SMILES string of the molecule is C[C@@H](O)[C@H](NC(=O)c1ccc(C#Cc2ccc(NC(=O)CNCc3cccc(C(C)(C)C)c3)cc2)cc1)C(=O)NO. The predicted octanol–water partition coefficient (Wildman–Crippen LogP) is 3.10. The lowest BCUT2D eigenvalue weighted by molar-refractivity contribution is -0.133. The minimum absolute atomic E-state index is 0.0697. The molecular formula is C32H36N4O5. The summed E-state index contributed by atoms with van der Waals surface area (Å²) >= 11 is 0. The van der Waals surface area contributed by atoms with Gasteiger partial charge >= 0.3 is 0 Å². The molecule has 0 aliphatic rings. The molecule has 3 amide bonds. The number of rotatable bonds is 9. The van der Waals surface area contributed by atoms with Gasteiger partial charge in [-0.15, -0.1) is 0 Å². The summed E-state index contributed by atoms with van der Waals surface area (Å²) in [4.78, 5) is 36.4. The molecule has 0 saturated heterocycles. The molecule has 0 spiro atoms. The van der Waals surface area contributed by atoms with Crippen molar-refractivity contribution in [1.82, 2.24) is 16.1 Å². The Morgan fingerprint density at radius 1 is 0.902 bits per heavy atom. The van der Waals surface area contributed by atoms with Gasteiger partial charge in [-0.2, -0.15) is 0 Å². The number of carbonyl (C=O) groups is 3. The Bertz CT molecular complexity index is 1420. The fourth-order valence-corrected chi connectivity index (χ4v) is 3.86. The van der Waals surface area contributed by atoms with Crippen molar-refractivity contribution < 1.29 is 24.7 Å². The molecule has 6 N–H and O–H groups in total. The van der Waals surface area contributed by atoms with Crippen LogP contribution in [-0.4, -0.2) is 46.7 Å². The molecule has 2 atom stereocenters. The van der Waals surface area contributed by atoms with Crippen molar-refractivity contribution in [3.63, 3.8) is 0 Å². The normalized spacial score (nSPS) is 12.3. The molecule has 0 aliphatic carbocycles. The van der Waals surface area contributed by atoms with E-state index in [0.29, 0.717) is 17.8 Å². The highest BCUT2D eigenvalue weighted by molar-refractivity contribution is 5.97. The lowest BCUT2D eigenvalue weighted by atomic mass is 9.86. The van der Waals surface area contributed by atoms with E-state index >= 15 is 0 Å². The average Bonchev–Trinajstić information content (AvgIpc) is 2.95. The van der Waals surface area contributed by atoms with Gasteiger partial charge in [0.05, 0.1) is 12.6 Å². The second-order valence-electron chi connectivity index (χ2n) is 10.7. The van der Waals surface area contributed by atoms with Crippen molar-refractivity contribution >= 4 is 23.4 Å². The third-order valence-electron chi connectivity index (χ3n) is 6.24. The van der Waals surface area contributed by atoms with E-state index in [1.54, 1.807) is 48.5 Å². The van der Waals surface area contributed by atoms with Crippen LogP contribution in [0.25, 0.3) is 0 Å². The fourth-order valence-electron chi connectivity index (χ4n) is 3.86. The molecule has 0 heterocycles. The first-order valence-electron chi connectivity index (χ1n) is 13.2. The van der Waals surface area contributed by atoms with Gasteiger partial charge in [-0.1, -0.05) is 56.9 Å². The molecule has 3 aromatic carbocycles. The van der Waals surface area contributed by atoms with Crippen molar-refractivity contribution in [2.24, 2.45) is 0 Å². The molecule has 0 unspecified atom stereocenters. The second-order valence-corrected chi connectivity index (χ2v) is 10.7. The minimum Gasteiger partial charge on any atom is -0.391 e. The molecule has 9 heteroatoms. The average molecular weight is 557 g/mol. The number of anilines is 1. The van der Waals surface area contributed by atoms with Crippen LogP contribution < -0.4 is 21.4 Å². The first kappa shape index (κ1) is 31.0. The van der Waals surface area contributed by atoms with Crippen molar-refractivity contribution in [3.05, 3.63) is 101 Å². The quantitative estimate of drug-likeness (QED) is 0.136. The van der Waals surface area contributed by atoms with Crippen molar-refractivity contribution in [3.8, 4) is 11.8 Å². The van der Waals surface area contributed by atoms with E-state index in [1.165, 1.54) is 18.0 Å². The van der Waals surface area contributed by atoms with Crippen LogP contribution in [-0.2, 0) is 21.5 Å². The maximum absolute atomic E-state index is 12.4. The number of hydrogen-bond acceptors (Lipinski definition) is 6. The third kappa shape index (κ3) is 9.58. The zero-order chi connectivity index (χ0) is 30.0. The fraction of sp³-hybridized carbons (Fsp3) is 0.281. The van der Waals surface area contributed by atoms with E-state index in [4.69, 9.17) is 5.21 Å². The summed E-state index contributed by atoms with van der Waals surface area (Å²) < 4.78 is 0. The van der Waals surface area contributed by atoms with Gasteiger partial charge in [0.25, 0.3) is 11.8 Å².